The van der Waals surface area contributed by atoms with Crippen molar-refractivity contribution in [3.05, 3.63) is 54.1 Å². The van der Waals surface area contributed by atoms with Crippen LogP contribution in [0.3, 0.4) is 0 Å². The number of hydrogen-bond acceptors (Lipinski definition) is 7. The van der Waals surface area contributed by atoms with Crippen LogP contribution >= 0.6 is 12.6 Å². The molecular formula is C24H30F3N3O4S2. The zero-order valence-corrected chi connectivity index (χ0v) is 21.5. The molecule has 12 heteroatoms. The van der Waals surface area contributed by atoms with E-state index >= 15 is 0 Å². The van der Waals surface area contributed by atoms with E-state index in [-0.39, 0.29) is 29.6 Å². The molecule has 2 fully saturated rings. The van der Waals surface area contributed by atoms with Crippen LogP contribution in [0.5, 0.6) is 0 Å². The minimum Gasteiger partial charge on any atom is -0.392 e. The highest BCUT2D eigenvalue weighted by molar-refractivity contribution is 7.90. The molecule has 2 aromatic carbocycles. The minimum atomic E-state index is -4.82. The van der Waals surface area contributed by atoms with E-state index in [1.807, 2.05) is 4.90 Å². The van der Waals surface area contributed by atoms with Crippen LogP contribution in [-0.4, -0.2) is 85.4 Å². The fraction of sp³-hybridized carbons (Fsp3) is 0.500. The molecule has 0 bridgehead atoms. The number of piperazine rings is 1. The Morgan fingerprint density at radius 1 is 1.03 bits per heavy atom. The van der Waals surface area contributed by atoms with Crippen molar-refractivity contribution in [2.45, 2.75) is 47.1 Å². The molecule has 0 aromatic heterocycles. The normalized spacial score (nSPS) is 24.1. The van der Waals surface area contributed by atoms with Gasteiger partial charge in [0.2, 0.25) is 10.0 Å². The fourth-order valence-corrected chi connectivity index (χ4v) is 6.83. The summed E-state index contributed by atoms with van der Waals surface area (Å²) in [5, 5.41) is 20.0. The third-order valence-corrected chi connectivity index (χ3v) is 9.42. The Kier molecular flexibility index (Phi) is 7.67. The molecule has 2 aliphatic rings. The second kappa shape index (κ2) is 10.1. The molecule has 0 saturated carbocycles. The summed E-state index contributed by atoms with van der Waals surface area (Å²) in [6.07, 6.45) is -4.64. The van der Waals surface area contributed by atoms with Gasteiger partial charge < -0.3 is 15.1 Å². The zero-order chi connectivity index (χ0) is 26.3. The highest BCUT2D eigenvalue weighted by Gasteiger charge is 2.51. The molecular weight excluding hydrogens is 515 g/mol. The van der Waals surface area contributed by atoms with Crippen LogP contribution in [0.4, 0.5) is 18.9 Å². The van der Waals surface area contributed by atoms with E-state index in [0.29, 0.717) is 50.1 Å². The largest absolute Gasteiger partial charge is 0.421 e. The van der Waals surface area contributed by atoms with Gasteiger partial charge in [-0.2, -0.15) is 17.5 Å². The van der Waals surface area contributed by atoms with Crippen molar-refractivity contribution in [1.82, 2.24) is 9.21 Å². The van der Waals surface area contributed by atoms with Gasteiger partial charge in [-0.05, 0) is 43.2 Å². The van der Waals surface area contributed by atoms with Gasteiger partial charge in [-0.3, -0.25) is 4.90 Å². The maximum atomic E-state index is 13.4. The van der Waals surface area contributed by atoms with E-state index in [1.165, 1.54) is 34.6 Å². The van der Waals surface area contributed by atoms with E-state index < -0.39 is 27.9 Å². The SMILES string of the molecule is C[C@](O)(c1ccc(N2CCN(S(=O)(=O)c3ccccc3S)C[C@H]2CN2CC[C@@H](O)C2)cc1)C(F)(F)F. The molecule has 0 aliphatic carbocycles. The molecule has 0 spiro atoms. The average Bonchev–Trinajstić information content (AvgIpc) is 3.23. The van der Waals surface area contributed by atoms with E-state index in [0.717, 1.165) is 0 Å². The maximum Gasteiger partial charge on any atom is 0.421 e. The third kappa shape index (κ3) is 5.39. The van der Waals surface area contributed by atoms with E-state index in [2.05, 4.69) is 17.5 Å². The number of aliphatic hydroxyl groups excluding tert-OH is 1. The molecule has 2 aromatic rings. The summed E-state index contributed by atoms with van der Waals surface area (Å²) in [7, 11) is -3.81. The fourth-order valence-electron chi connectivity index (χ4n) is 4.77. The third-order valence-electron chi connectivity index (χ3n) is 6.96. The first kappa shape index (κ1) is 27.2. The Hall–Kier alpha value is -1.83. The summed E-state index contributed by atoms with van der Waals surface area (Å²) >= 11 is 4.31. The van der Waals surface area contributed by atoms with Crippen LogP contribution in [0.25, 0.3) is 0 Å². The highest BCUT2D eigenvalue weighted by Crippen LogP contribution is 2.39. The molecule has 198 valence electrons. The number of halogens is 3. The molecule has 0 amide bonds. The van der Waals surface area contributed by atoms with Crippen LogP contribution in [-0.2, 0) is 15.6 Å². The van der Waals surface area contributed by atoms with Gasteiger partial charge in [0.1, 0.15) is 0 Å². The van der Waals surface area contributed by atoms with Crippen molar-refractivity contribution in [2.75, 3.05) is 44.2 Å². The van der Waals surface area contributed by atoms with Gasteiger partial charge in [-0.25, -0.2) is 8.42 Å². The lowest BCUT2D eigenvalue weighted by Gasteiger charge is -2.43. The Morgan fingerprint density at radius 2 is 1.69 bits per heavy atom. The van der Waals surface area contributed by atoms with Crippen molar-refractivity contribution in [1.29, 1.82) is 0 Å². The van der Waals surface area contributed by atoms with Gasteiger partial charge in [-0.15, -0.1) is 12.6 Å². The summed E-state index contributed by atoms with van der Waals surface area (Å²) in [5.74, 6) is 0. The monoisotopic (exact) mass is 545 g/mol. The second-order valence-corrected chi connectivity index (χ2v) is 11.9. The Bertz CT molecular complexity index is 1180. The highest BCUT2D eigenvalue weighted by atomic mass is 32.2. The smallest absolute Gasteiger partial charge is 0.392 e. The number of hydrogen-bond donors (Lipinski definition) is 3. The summed E-state index contributed by atoms with van der Waals surface area (Å²) < 4.78 is 68.0. The molecule has 7 nitrogen and oxygen atoms in total. The summed E-state index contributed by atoms with van der Waals surface area (Å²) in [6, 6.07) is 11.7. The first-order chi connectivity index (χ1) is 16.8. The van der Waals surface area contributed by atoms with Crippen LogP contribution in [0.1, 0.15) is 18.9 Å². The first-order valence-corrected chi connectivity index (χ1v) is 13.5. The van der Waals surface area contributed by atoms with E-state index in [1.54, 1.807) is 18.2 Å². The number of aliphatic hydroxyl groups is 2. The number of alkyl halides is 3. The quantitative estimate of drug-likeness (QED) is 0.485. The average molecular weight is 546 g/mol. The Morgan fingerprint density at radius 3 is 2.28 bits per heavy atom. The molecule has 2 heterocycles. The van der Waals surface area contributed by atoms with Gasteiger partial charge in [0.15, 0.2) is 5.60 Å². The van der Waals surface area contributed by atoms with Crippen LogP contribution < -0.4 is 4.90 Å². The molecule has 2 N–H and O–H groups in total. The number of thiol groups is 1. The van der Waals surface area contributed by atoms with Crippen molar-refractivity contribution >= 4 is 28.3 Å². The summed E-state index contributed by atoms with van der Waals surface area (Å²) in [5.41, 5.74) is -2.62. The molecule has 3 atom stereocenters. The number of β-amino-alcohol motifs (C(OH)–C–C–N with tert-alkyl or cyclic N) is 1. The second-order valence-electron chi connectivity index (χ2n) is 9.50. The lowest BCUT2D eigenvalue weighted by molar-refractivity contribution is -0.258. The molecule has 2 saturated heterocycles. The number of nitrogens with zero attached hydrogens (tertiary/aromatic N) is 3. The van der Waals surface area contributed by atoms with Gasteiger partial charge in [0.25, 0.3) is 0 Å². The lowest BCUT2D eigenvalue weighted by atomic mass is 9.95. The predicted molar refractivity (Wildman–Crippen MR) is 133 cm³/mol. The minimum absolute atomic E-state index is 0.121. The van der Waals surface area contributed by atoms with Crippen molar-refractivity contribution < 1.29 is 31.8 Å². The number of rotatable bonds is 6. The van der Waals surface area contributed by atoms with Crippen molar-refractivity contribution in [2.24, 2.45) is 0 Å². The zero-order valence-electron chi connectivity index (χ0n) is 19.8. The van der Waals surface area contributed by atoms with Crippen molar-refractivity contribution in [3.63, 3.8) is 0 Å². The van der Waals surface area contributed by atoms with Crippen LogP contribution in [0.15, 0.2) is 58.3 Å². The van der Waals surface area contributed by atoms with Crippen molar-refractivity contribution in [3.8, 4) is 0 Å². The Balaban J connectivity index is 1.60. The maximum absolute atomic E-state index is 13.4. The topological polar surface area (TPSA) is 84.3 Å². The van der Waals surface area contributed by atoms with Crippen LogP contribution in [0, 0.1) is 0 Å². The standard InChI is InChI=1S/C24H30F3N3O4S2/c1-23(32,24(25,26)27)17-6-8-18(9-7-17)30-13-12-29(15-19(30)14-28-11-10-20(31)16-28)36(33,34)22-5-3-2-4-21(22)35/h2-9,19-20,31-32,35H,10-16H2,1H3/t19-,20-,23+/m1/s1. The molecule has 0 radical (unpaired) electrons. The van der Waals surface area contributed by atoms with Gasteiger partial charge in [0, 0.05) is 49.9 Å². The molecule has 36 heavy (non-hydrogen) atoms. The molecule has 4 rings (SSSR count). The van der Waals surface area contributed by atoms with Crippen LogP contribution in [0.2, 0.25) is 0 Å². The number of sulfonamides is 1. The number of anilines is 1. The van der Waals surface area contributed by atoms with Gasteiger partial charge in [0.05, 0.1) is 17.0 Å². The Labute approximate surface area is 214 Å². The van der Waals surface area contributed by atoms with Gasteiger partial charge >= 0.3 is 6.18 Å². The van der Waals surface area contributed by atoms with Gasteiger partial charge in [-0.1, -0.05) is 24.3 Å². The predicted octanol–water partition coefficient (Wildman–Crippen LogP) is 2.69. The molecule has 0 unspecified atom stereocenters. The lowest BCUT2D eigenvalue weighted by Crippen LogP contribution is -2.58. The van der Waals surface area contributed by atoms with E-state index in [9.17, 15) is 31.8 Å². The number of likely N-dealkylation sites (tertiary alicyclic amines) is 1. The van der Waals surface area contributed by atoms with E-state index in [4.69, 9.17) is 0 Å². The summed E-state index contributed by atoms with van der Waals surface area (Å²) in [4.78, 5) is 4.52. The molecule has 2 aliphatic heterocycles. The summed E-state index contributed by atoms with van der Waals surface area (Å²) in [6.45, 7) is 3.02. The first-order valence-electron chi connectivity index (χ1n) is 11.7. The number of benzene rings is 2.